The summed E-state index contributed by atoms with van der Waals surface area (Å²) in [6.07, 6.45) is 3.66. The quantitative estimate of drug-likeness (QED) is 0.520. The van der Waals surface area contributed by atoms with Gasteiger partial charge in [-0.2, -0.15) is 0 Å². The van der Waals surface area contributed by atoms with Crippen LogP contribution in [0.1, 0.15) is 12.5 Å². The minimum Gasteiger partial charge on any atom is -0.334 e. The van der Waals surface area contributed by atoms with Crippen LogP contribution in [-0.2, 0) is 6.42 Å². The summed E-state index contributed by atoms with van der Waals surface area (Å²) >= 11 is 0. The molecule has 0 aliphatic rings. The molecule has 3 rings (SSSR count). The molecule has 0 radical (unpaired) electrons. The summed E-state index contributed by atoms with van der Waals surface area (Å²) in [6, 6.07) is 12.8. The van der Waals surface area contributed by atoms with Crippen molar-refractivity contribution in [1.82, 2.24) is 15.0 Å². The van der Waals surface area contributed by atoms with E-state index < -0.39 is 4.92 Å². The van der Waals surface area contributed by atoms with E-state index in [0.717, 1.165) is 17.7 Å². The Morgan fingerprint density at radius 2 is 1.72 bits per heavy atom. The van der Waals surface area contributed by atoms with Crippen molar-refractivity contribution in [2.24, 2.45) is 0 Å². The summed E-state index contributed by atoms with van der Waals surface area (Å²) in [5.41, 5.74) is 1.57. The van der Waals surface area contributed by atoms with E-state index in [1.54, 1.807) is 24.4 Å². The fourth-order valence-electron chi connectivity index (χ4n) is 2.37. The molecule has 2 heterocycles. The van der Waals surface area contributed by atoms with E-state index in [2.05, 4.69) is 25.6 Å². The van der Waals surface area contributed by atoms with Crippen LogP contribution in [0.25, 0.3) is 0 Å². The van der Waals surface area contributed by atoms with Crippen molar-refractivity contribution < 1.29 is 4.92 Å². The zero-order valence-electron chi connectivity index (χ0n) is 13.5. The highest BCUT2D eigenvalue weighted by molar-refractivity contribution is 5.76. The van der Waals surface area contributed by atoms with Crippen molar-refractivity contribution in [2.75, 3.05) is 10.6 Å². The van der Waals surface area contributed by atoms with Crippen molar-refractivity contribution in [2.45, 2.75) is 13.3 Å². The first kappa shape index (κ1) is 16.3. The van der Waals surface area contributed by atoms with E-state index in [1.807, 2.05) is 31.2 Å². The molecule has 0 saturated carbocycles. The number of hydrogen-bond donors (Lipinski definition) is 2. The maximum atomic E-state index is 11.6. The van der Waals surface area contributed by atoms with Gasteiger partial charge in [0, 0.05) is 11.9 Å². The smallest absolute Gasteiger partial charge is 0.334 e. The highest BCUT2D eigenvalue weighted by Crippen LogP contribution is 2.33. The summed E-state index contributed by atoms with van der Waals surface area (Å²) in [6.45, 7) is 2.02. The number of nitro groups is 1. The number of rotatable bonds is 6. The lowest BCUT2D eigenvalue weighted by Gasteiger charge is -2.12. The molecule has 0 saturated heterocycles. The van der Waals surface area contributed by atoms with Crippen LogP contribution in [0.3, 0.4) is 0 Å². The van der Waals surface area contributed by atoms with E-state index >= 15 is 0 Å². The summed E-state index contributed by atoms with van der Waals surface area (Å²) in [4.78, 5) is 23.2. The van der Waals surface area contributed by atoms with E-state index in [-0.39, 0.29) is 17.3 Å². The van der Waals surface area contributed by atoms with Gasteiger partial charge in [0.1, 0.15) is 12.1 Å². The van der Waals surface area contributed by atoms with Crippen molar-refractivity contribution in [1.29, 1.82) is 0 Å². The molecule has 3 aromatic rings. The Bertz CT molecular complexity index is 885. The molecule has 0 unspecified atom stereocenters. The monoisotopic (exact) mass is 336 g/mol. The van der Waals surface area contributed by atoms with Crippen molar-refractivity contribution in [3.8, 4) is 0 Å². The van der Waals surface area contributed by atoms with Crippen LogP contribution < -0.4 is 10.6 Å². The van der Waals surface area contributed by atoms with Gasteiger partial charge in [-0.05, 0) is 30.2 Å². The van der Waals surface area contributed by atoms with Crippen LogP contribution in [0.5, 0.6) is 0 Å². The molecule has 0 aliphatic carbocycles. The molecular weight excluding hydrogens is 320 g/mol. The number of hydrogen-bond acceptors (Lipinski definition) is 7. The number of nitrogens with one attached hydrogen (secondary N) is 2. The molecular formula is C17H16N6O2. The van der Waals surface area contributed by atoms with Crippen LogP contribution in [-0.4, -0.2) is 19.9 Å². The molecule has 0 bridgehead atoms. The van der Waals surface area contributed by atoms with E-state index in [9.17, 15) is 10.1 Å². The Labute approximate surface area is 144 Å². The molecule has 2 aromatic heterocycles. The van der Waals surface area contributed by atoms with Crippen LogP contribution in [0.15, 0.2) is 55.0 Å². The second kappa shape index (κ2) is 7.35. The largest absolute Gasteiger partial charge is 0.353 e. The number of aromatic nitrogens is 3. The van der Waals surface area contributed by atoms with E-state index in [0.29, 0.717) is 5.82 Å². The van der Waals surface area contributed by atoms with E-state index in [4.69, 9.17) is 0 Å². The van der Waals surface area contributed by atoms with Crippen molar-refractivity contribution in [3.05, 3.63) is 70.7 Å². The topological polar surface area (TPSA) is 106 Å². The molecule has 25 heavy (non-hydrogen) atoms. The minimum atomic E-state index is -0.512. The fraction of sp³-hybridized carbons (Fsp3) is 0.118. The van der Waals surface area contributed by atoms with Gasteiger partial charge in [0.2, 0.25) is 11.6 Å². The molecule has 8 heteroatoms. The maximum absolute atomic E-state index is 11.6. The summed E-state index contributed by atoms with van der Waals surface area (Å²) in [5.74, 6) is 0.665. The van der Waals surface area contributed by atoms with Gasteiger partial charge in [-0.25, -0.2) is 15.0 Å². The normalized spacial score (nSPS) is 10.3. The molecule has 0 fully saturated rings. The van der Waals surface area contributed by atoms with Crippen molar-refractivity contribution >= 4 is 28.8 Å². The molecule has 8 nitrogen and oxygen atoms in total. The summed E-state index contributed by atoms with van der Waals surface area (Å²) in [7, 11) is 0. The third-order valence-electron chi connectivity index (χ3n) is 3.57. The summed E-state index contributed by atoms with van der Waals surface area (Å²) < 4.78 is 0. The highest BCUT2D eigenvalue weighted by atomic mass is 16.6. The fourth-order valence-corrected chi connectivity index (χ4v) is 2.37. The molecule has 0 atom stereocenters. The predicted molar refractivity (Wildman–Crippen MR) is 95.3 cm³/mol. The number of anilines is 4. The number of pyridine rings is 1. The van der Waals surface area contributed by atoms with Crippen LogP contribution in [0.2, 0.25) is 0 Å². The molecule has 1 aromatic carbocycles. The average molecular weight is 336 g/mol. The number of benzene rings is 1. The second-order valence-corrected chi connectivity index (χ2v) is 5.15. The second-order valence-electron chi connectivity index (χ2n) is 5.15. The van der Waals surface area contributed by atoms with Gasteiger partial charge in [0.25, 0.3) is 0 Å². The molecule has 2 N–H and O–H groups in total. The van der Waals surface area contributed by atoms with E-state index in [1.165, 1.54) is 6.33 Å². The lowest BCUT2D eigenvalue weighted by atomic mass is 10.1. The number of aryl methyl sites for hydroxylation is 1. The average Bonchev–Trinajstić information content (AvgIpc) is 2.63. The number of para-hydroxylation sites is 1. The Kier molecular flexibility index (Phi) is 4.79. The highest BCUT2D eigenvalue weighted by Gasteiger charge is 2.24. The zero-order chi connectivity index (χ0) is 17.6. The van der Waals surface area contributed by atoms with Crippen molar-refractivity contribution in [3.63, 3.8) is 0 Å². The third kappa shape index (κ3) is 3.69. The van der Waals surface area contributed by atoms with Crippen LogP contribution in [0.4, 0.5) is 28.8 Å². The predicted octanol–water partition coefficient (Wildman–Crippen LogP) is 3.83. The molecule has 0 amide bonds. The summed E-state index contributed by atoms with van der Waals surface area (Å²) in [5, 5.41) is 17.5. The van der Waals surface area contributed by atoms with Gasteiger partial charge in [-0.15, -0.1) is 0 Å². The van der Waals surface area contributed by atoms with Gasteiger partial charge in [-0.1, -0.05) is 31.2 Å². The number of nitrogens with zero attached hydrogens (tertiary/aromatic N) is 4. The first-order valence-electron chi connectivity index (χ1n) is 7.71. The van der Waals surface area contributed by atoms with Gasteiger partial charge < -0.3 is 10.6 Å². The Balaban J connectivity index is 1.99. The van der Waals surface area contributed by atoms with Gasteiger partial charge in [0.15, 0.2) is 0 Å². The third-order valence-corrected chi connectivity index (χ3v) is 3.57. The van der Waals surface area contributed by atoms with Crippen LogP contribution in [0, 0.1) is 10.1 Å². The maximum Gasteiger partial charge on any atom is 0.353 e. The Morgan fingerprint density at radius 1 is 1.00 bits per heavy atom. The lowest BCUT2D eigenvalue weighted by molar-refractivity contribution is -0.383. The Morgan fingerprint density at radius 3 is 2.40 bits per heavy atom. The molecule has 0 aliphatic heterocycles. The molecule has 126 valence electrons. The van der Waals surface area contributed by atoms with Crippen LogP contribution >= 0.6 is 0 Å². The first-order valence-corrected chi connectivity index (χ1v) is 7.71. The van der Waals surface area contributed by atoms with Gasteiger partial charge >= 0.3 is 5.69 Å². The Hall–Kier alpha value is -3.55. The lowest BCUT2D eigenvalue weighted by Crippen LogP contribution is -2.06. The first-order chi connectivity index (χ1) is 12.2. The zero-order valence-corrected chi connectivity index (χ0v) is 13.5. The molecule has 0 spiro atoms. The minimum absolute atomic E-state index is 0.0789. The van der Waals surface area contributed by atoms with Gasteiger partial charge in [0.05, 0.1) is 4.92 Å². The van der Waals surface area contributed by atoms with Gasteiger partial charge in [-0.3, -0.25) is 10.1 Å². The SMILES string of the molecule is CCc1ccccc1Nc1ncnc(Nc2ccccn2)c1[N+](=O)[O-]. The standard InChI is InChI=1S/C17H16N6O2/c1-2-12-7-3-4-8-13(12)21-16-15(23(24)25)17(20-11-19-16)22-14-9-5-6-10-18-14/h3-11H,2H2,1H3,(H2,18,19,20,21,22).